The van der Waals surface area contributed by atoms with Crippen LogP contribution in [0, 0.1) is 0 Å². The Morgan fingerprint density at radius 1 is 1.08 bits per heavy atom. The number of rotatable bonds is 7. The standard InChI is InChI=1S/C18H24N4OS/c23-18(8-9-18)10-13-24-17-20-19-16(14-21-11-4-5-12-21)22(17)15-6-2-1-3-7-15/h1-3,6-7,23H,4-5,8-14H2. The Kier molecular flexibility index (Phi) is 4.61. The highest BCUT2D eigenvalue weighted by Crippen LogP contribution is 2.39. The predicted molar refractivity (Wildman–Crippen MR) is 95.4 cm³/mol. The molecule has 24 heavy (non-hydrogen) atoms. The molecule has 4 rings (SSSR count). The van der Waals surface area contributed by atoms with Crippen molar-refractivity contribution in [3.8, 4) is 5.69 Å². The van der Waals surface area contributed by atoms with Crippen LogP contribution in [0.4, 0.5) is 0 Å². The second-order valence-corrected chi connectivity index (χ2v) is 7.94. The first kappa shape index (κ1) is 16.1. The first-order chi connectivity index (χ1) is 11.7. The van der Waals surface area contributed by atoms with Crippen molar-refractivity contribution in [1.82, 2.24) is 19.7 Å². The maximum Gasteiger partial charge on any atom is 0.195 e. The molecule has 1 saturated heterocycles. The van der Waals surface area contributed by atoms with E-state index >= 15 is 0 Å². The van der Waals surface area contributed by atoms with Crippen LogP contribution in [0.15, 0.2) is 35.5 Å². The van der Waals surface area contributed by atoms with Gasteiger partial charge in [-0.05, 0) is 57.3 Å². The topological polar surface area (TPSA) is 54.2 Å². The maximum absolute atomic E-state index is 10.0. The first-order valence-corrected chi connectivity index (χ1v) is 9.79. The highest BCUT2D eigenvalue weighted by Gasteiger charge is 2.39. The van der Waals surface area contributed by atoms with Crippen LogP contribution in [0.25, 0.3) is 5.69 Å². The zero-order valence-corrected chi connectivity index (χ0v) is 14.7. The van der Waals surface area contributed by atoms with Gasteiger partial charge in [-0.15, -0.1) is 10.2 Å². The molecule has 2 fully saturated rings. The minimum atomic E-state index is -0.400. The van der Waals surface area contributed by atoms with Crippen LogP contribution in [0.5, 0.6) is 0 Å². The summed E-state index contributed by atoms with van der Waals surface area (Å²) in [4.78, 5) is 2.45. The quantitative estimate of drug-likeness (QED) is 0.783. The van der Waals surface area contributed by atoms with E-state index in [1.54, 1.807) is 11.8 Å². The summed E-state index contributed by atoms with van der Waals surface area (Å²) < 4.78 is 2.18. The number of hydrogen-bond donors (Lipinski definition) is 1. The second kappa shape index (κ2) is 6.86. The van der Waals surface area contributed by atoms with Crippen molar-refractivity contribution in [2.45, 2.75) is 49.4 Å². The van der Waals surface area contributed by atoms with Crippen LogP contribution < -0.4 is 0 Å². The lowest BCUT2D eigenvalue weighted by Crippen LogP contribution is -2.21. The summed E-state index contributed by atoms with van der Waals surface area (Å²) in [7, 11) is 0. The number of benzene rings is 1. The van der Waals surface area contributed by atoms with Crippen molar-refractivity contribution in [3.63, 3.8) is 0 Å². The Hall–Kier alpha value is -1.37. The van der Waals surface area contributed by atoms with Gasteiger partial charge in [-0.1, -0.05) is 30.0 Å². The molecule has 0 spiro atoms. The van der Waals surface area contributed by atoms with Gasteiger partial charge in [0.15, 0.2) is 11.0 Å². The Balaban J connectivity index is 1.54. The highest BCUT2D eigenvalue weighted by molar-refractivity contribution is 7.99. The second-order valence-electron chi connectivity index (χ2n) is 6.88. The lowest BCUT2D eigenvalue weighted by molar-refractivity contribution is 0.147. The van der Waals surface area contributed by atoms with Crippen molar-refractivity contribution in [2.24, 2.45) is 0 Å². The zero-order valence-electron chi connectivity index (χ0n) is 13.9. The fourth-order valence-corrected chi connectivity index (χ4v) is 4.30. The van der Waals surface area contributed by atoms with Crippen LogP contribution >= 0.6 is 11.8 Å². The van der Waals surface area contributed by atoms with Crippen molar-refractivity contribution in [2.75, 3.05) is 18.8 Å². The van der Waals surface area contributed by atoms with Gasteiger partial charge in [-0.2, -0.15) is 0 Å². The fraction of sp³-hybridized carbons (Fsp3) is 0.556. The van der Waals surface area contributed by atoms with Crippen LogP contribution in [0.3, 0.4) is 0 Å². The molecule has 2 aliphatic rings. The maximum atomic E-state index is 10.0. The predicted octanol–water partition coefficient (Wildman–Crippen LogP) is 2.87. The molecule has 2 aromatic rings. The van der Waals surface area contributed by atoms with Crippen LogP contribution in [0.1, 0.15) is 37.9 Å². The van der Waals surface area contributed by atoms with Crippen molar-refractivity contribution in [3.05, 3.63) is 36.2 Å². The molecule has 0 unspecified atom stereocenters. The molecule has 0 radical (unpaired) electrons. The SMILES string of the molecule is OC1(CCSc2nnc(CN3CCCC3)n2-c2ccccc2)CC1. The van der Waals surface area contributed by atoms with E-state index in [4.69, 9.17) is 0 Å². The Morgan fingerprint density at radius 2 is 1.83 bits per heavy atom. The molecule has 1 aliphatic heterocycles. The van der Waals surface area contributed by atoms with Gasteiger partial charge in [-0.25, -0.2) is 0 Å². The Labute approximate surface area is 147 Å². The van der Waals surface area contributed by atoms with Crippen molar-refractivity contribution >= 4 is 11.8 Å². The Bertz CT molecular complexity index is 678. The summed E-state index contributed by atoms with van der Waals surface area (Å²) in [6, 6.07) is 10.3. The van der Waals surface area contributed by atoms with Gasteiger partial charge in [-0.3, -0.25) is 9.47 Å². The van der Waals surface area contributed by atoms with Gasteiger partial charge in [0.05, 0.1) is 12.1 Å². The molecule has 0 bridgehead atoms. The molecule has 0 amide bonds. The number of likely N-dealkylation sites (tertiary alicyclic amines) is 1. The van der Waals surface area contributed by atoms with Gasteiger partial charge >= 0.3 is 0 Å². The van der Waals surface area contributed by atoms with Gasteiger partial charge in [0.25, 0.3) is 0 Å². The van der Waals surface area contributed by atoms with Gasteiger partial charge in [0.2, 0.25) is 0 Å². The number of thioether (sulfide) groups is 1. The monoisotopic (exact) mass is 344 g/mol. The minimum absolute atomic E-state index is 0.400. The molecule has 5 nitrogen and oxygen atoms in total. The molecular formula is C18H24N4OS. The third-order valence-corrected chi connectivity index (χ3v) is 5.83. The lowest BCUT2D eigenvalue weighted by Gasteiger charge is -2.16. The molecule has 6 heteroatoms. The van der Waals surface area contributed by atoms with Gasteiger partial charge in [0.1, 0.15) is 0 Å². The summed E-state index contributed by atoms with van der Waals surface area (Å²) in [6.45, 7) is 3.15. The first-order valence-electron chi connectivity index (χ1n) is 8.81. The van der Waals surface area contributed by atoms with E-state index in [2.05, 4.69) is 43.9 Å². The molecule has 0 atom stereocenters. The van der Waals surface area contributed by atoms with E-state index in [1.165, 1.54) is 12.8 Å². The number of aliphatic hydroxyl groups is 1. The normalized spacial score (nSPS) is 19.7. The third kappa shape index (κ3) is 3.66. The van der Waals surface area contributed by atoms with E-state index in [0.717, 1.165) is 61.3 Å². The molecule has 2 heterocycles. The van der Waals surface area contributed by atoms with Gasteiger partial charge in [0, 0.05) is 11.4 Å². The van der Waals surface area contributed by atoms with E-state index in [0.29, 0.717) is 0 Å². The van der Waals surface area contributed by atoms with Gasteiger partial charge < -0.3 is 5.11 Å². The van der Waals surface area contributed by atoms with Crippen molar-refractivity contribution in [1.29, 1.82) is 0 Å². The fourth-order valence-electron chi connectivity index (χ4n) is 3.20. The van der Waals surface area contributed by atoms with Crippen molar-refractivity contribution < 1.29 is 5.11 Å². The summed E-state index contributed by atoms with van der Waals surface area (Å²) in [5.41, 5.74) is 0.715. The highest BCUT2D eigenvalue weighted by atomic mass is 32.2. The van der Waals surface area contributed by atoms with Crippen LogP contribution in [-0.2, 0) is 6.54 Å². The molecule has 128 valence electrons. The molecule has 1 aromatic heterocycles. The number of nitrogens with zero attached hydrogens (tertiary/aromatic N) is 4. The van der Waals surface area contributed by atoms with E-state index in [9.17, 15) is 5.11 Å². The van der Waals surface area contributed by atoms with Crippen LogP contribution in [-0.4, -0.2) is 49.2 Å². The van der Waals surface area contributed by atoms with E-state index in [1.807, 2.05) is 6.07 Å². The summed E-state index contributed by atoms with van der Waals surface area (Å²) in [5.74, 6) is 1.89. The molecule has 1 aliphatic carbocycles. The number of para-hydroxylation sites is 1. The third-order valence-electron chi connectivity index (χ3n) is 4.90. The van der Waals surface area contributed by atoms with Crippen LogP contribution in [0.2, 0.25) is 0 Å². The summed E-state index contributed by atoms with van der Waals surface area (Å²) in [5, 5.41) is 19.9. The number of hydrogen-bond acceptors (Lipinski definition) is 5. The average molecular weight is 344 g/mol. The summed E-state index contributed by atoms with van der Waals surface area (Å²) in [6.07, 6.45) is 5.28. The van der Waals surface area contributed by atoms with E-state index in [-0.39, 0.29) is 0 Å². The smallest absolute Gasteiger partial charge is 0.195 e. The zero-order chi connectivity index (χ0) is 16.4. The molecule has 1 aromatic carbocycles. The number of aromatic nitrogens is 3. The molecular weight excluding hydrogens is 320 g/mol. The lowest BCUT2D eigenvalue weighted by atomic mass is 10.3. The molecule has 1 saturated carbocycles. The Morgan fingerprint density at radius 3 is 2.54 bits per heavy atom. The average Bonchev–Trinajstić information content (AvgIpc) is 3.01. The molecule has 1 N–H and O–H groups in total. The van der Waals surface area contributed by atoms with E-state index < -0.39 is 5.60 Å². The largest absolute Gasteiger partial charge is 0.390 e. The minimum Gasteiger partial charge on any atom is -0.390 e. The summed E-state index contributed by atoms with van der Waals surface area (Å²) >= 11 is 1.70.